The molecule has 2 heterocycles. The third-order valence-corrected chi connectivity index (χ3v) is 4.15. The number of nitrogens with one attached hydrogen (secondary N) is 1. The van der Waals surface area contributed by atoms with Crippen LogP contribution in [0.3, 0.4) is 0 Å². The number of piperazine rings is 1. The fourth-order valence-electron chi connectivity index (χ4n) is 2.75. The quantitative estimate of drug-likeness (QED) is 0.361. The number of aromatic nitrogens is 1. The lowest BCUT2D eigenvalue weighted by Gasteiger charge is -2.36. The minimum atomic E-state index is -4.42. The van der Waals surface area contributed by atoms with E-state index >= 15 is 0 Å². The maximum Gasteiger partial charge on any atom is 0.416 e. The van der Waals surface area contributed by atoms with E-state index in [1.807, 2.05) is 5.48 Å². The zero-order valence-corrected chi connectivity index (χ0v) is 14.1. The number of aliphatic imine (C=N–C) groups is 1. The highest BCUT2D eigenvalue weighted by Gasteiger charge is 2.30. The first-order valence-corrected chi connectivity index (χ1v) is 8.15. The largest absolute Gasteiger partial charge is 0.416 e. The molecule has 0 radical (unpaired) electrons. The van der Waals surface area contributed by atoms with E-state index in [4.69, 9.17) is 0 Å². The Labute approximate surface area is 152 Å². The summed E-state index contributed by atoms with van der Waals surface area (Å²) in [6, 6.07) is 7.14. The number of anilines is 1. The molecule has 0 aliphatic carbocycles. The Morgan fingerprint density at radius 1 is 1.07 bits per heavy atom. The minimum Gasteiger partial charge on any atom is -0.351 e. The van der Waals surface area contributed by atoms with Gasteiger partial charge in [-0.15, -0.1) is 0 Å². The second-order valence-corrected chi connectivity index (χ2v) is 5.87. The van der Waals surface area contributed by atoms with Crippen LogP contribution < -0.4 is 10.4 Å². The van der Waals surface area contributed by atoms with Crippen LogP contribution in [-0.2, 0) is 6.18 Å². The Bertz CT molecular complexity index is 802. The van der Waals surface area contributed by atoms with Crippen LogP contribution in [-0.4, -0.2) is 47.2 Å². The van der Waals surface area contributed by atoms with Gasteiger partial charge >= 0.3 is 6.18 Å². The molecule has 0 unspecified atom stereocenters. The van der Waals surface area contributed by atoms with Crippen molar-refractivity contribution in [3.63, 3.8) is 0 Å². The second kappa shape index (κ2) is 7.78. The minimum absolute atomic E-state index is 0.107. The number of hydrogen-bond donors (Lipinski definition) is 2. The van der Waals surface area contributed by atoms with Gasteiger partial charge in [0.05, 0.1) is 11.3 Å². The molecule has 10 heteroatoms. The van der Waals surface area contributed by atoms with Crippen molar-refractivity contribution < 1.29 is 22.8 Å². The van der Waals surface area contributed by atoms with Gasteiger partial charge < -0.3 is 9.80 Å². The number of nitrogens with zero attached hydrogens (tertiary/aromatic N) is 4. The first-order chi connectivity index (χ1) is 12.9. The normalized spacial score (nSPS) is 15.8. The van der Waals surface area contributed by atoms with E-state index in [1.54, 1.807) is 9.80 Å². The summed E-state index contributed by atoms with van der Waals surface area (Å²) < 4.78 is 51.7. The molecular weight excluding hydrogens is 366 g/mol. The highest BCUT2D eigenvalue weighted by molar-refractivity contribution is 5.82. The van der Waals surface area contributed by atoms with Gasteiger partial charge in [0.2, 0.25) is 5.96 Å². The van der Waals surface area contributed by atoms with Gasteiger partial charge in [-0.2, -0.15) is 13.2 Å². The number of alkyl halides is 3. The predicted octanol–water partition coefficient (Wildman–Crippen LogP) is 3.03. The molecule has 1 aliphatic rings. The van der Waals surface area contributed by atoms with Crippen LogP contribution in [0.25, 0.3) is 0 Å². The van der Waals surface area contributed by atoms with Crippen LogP contribution in [0.2, 0.25) is 0 Å². The van der Waals surface area contributed by atoms with Crippen LogP contribution in [0.5, 0.6) is 0 Å². The van der Waals surface area contributed by atoms with Gasteiger partial charge in [0, 0.05) is 32.4 Å². The molecule has 0 amide bonds. The maximum atomic E-state index is 13.8. The van der Waals surface area contributed by atoms with Crippen LogP contribution in [0.4, 0.5) is 29.1 Å². The molecule has 1 aromatic heterocycles. The van der Waals surface area contributed by atoms with E-state index in [-0.39, 0.29) is 17.5 Å². The standard InChI is InChI=1S/C17H17F4N5O/c18-14-2-1-7-22-15(14)25-8-10-26(11-9-25)16(24-27)23-13-5-3-12(4-6-13)17(19,20)21/h1-7,27H,8-11H2,(H,23,24). The summed E-state index contributed by atoms with van der Waals surface area (Å²) >= 11 is 0. The highest BCUT2D eigenvalue weighted by atomic mass is 19.4. The van der Waals surface area contributed by atoms with E-state index in [9.17, 15) is 22.8 Å². The summed E-state index contributed by atoms with van der Waals surface area (Å²) in [7, 11) is 0. The molecule has 1 aliphatic heterocycles. The number of hydrogen-bond acceptors (Lipinski definition) is 4. The van der Waals surface area contributed by atoms with Gasteiger partial charge in [-0.25, -0.2) is 19.8 Å². The zero-order valence-electron chi connectivity index (χ0n) is 14.1. The van der Waals surface area contributed by atoms with Gasteiger partial charge in [0.25, 0.3) is 0 Å². The second-order valence-electron chi connectivity index (χ2n) is 5.87. The van der Waals surface area contributed by atoms with E-state index in [0.717, 1.165) is 12.1 Å². The van der Waals surface area contributed by atoms with Crippen molar-refractivity contribution in [1.29, 1.82) is 0 Å². The van der Waals surface area contributed by atoms with Gasteiger partial charge in [0.1, 0.15) is 0 Å². The van der Waals surface area contributed by atoms with Crippen molar-refractivity contribution in [3.8, 4) is 0 Å². The van der Waals surface area contributed by atoms with Crippen LogP contribution in [0, 0.1) is 5.82 Å². The Morgan fingerprint density at radius 3 is 2.30 bits per heavy atom. The van der Waals surface area contributed by atoms with Crippen LogP contribution >= 0.6 is 0 Å². The first-order valence-electron chi connectivity index (χ1n) is 8.15. The van der Waals surface area contributed by atoms with Gasteiger partial charge in [-0.1, -0.05) is 0 Å². The van der Waals surface area contributed by atoms with Crippen molar-refractivity contribution in [2.45, 2.75) is 6.18 Å². The van der Waals surface area contributed by atoms with Crippen LogP contribution in [0.1, 0.15) is 5.56 Å². The molecule has 0 spiro atoms. The summed E-state index contributed by atoms with van der Waals surface area (Å²) in [5.41, 5.74) is 1.47. The Balaban J connectivity index is 1.68. The summed E-state index contributed by atoms with van der Waals surface area (Å²) in [5, 5.41) is 9.36. The lowest BCUT2D eigenvalue weighted by atomic mass is 10.2. The predicted molar refractivity (Wildman–Crippen MR) is 91.4 cm³/mol. The zero-order chi connectivity index (χ0) is 19.4. The molecular formula is C17H17F4N5O. The first kappa shape index (κ1) is 18.9. The smallest absolute Gasteiger partial charge is 0.351 e. The molecule has 1 fully saturated rings. The van der Waals surface area contributed by atoms with E-state index in [2.05, 4.69) is 9.98 Å². The molecule has 6 nitrogen and oxygen atoms in total. The molecule has 2 N–H and O–H groups in total. The fraction of sp³-hybridized carbons (Fsp3) is 0.294. The monoisotopic (exact) mass is 383 g/mol. The lowest BCUT2D eigenvalue weighted by molar-refractivity contribution is -0.137. The number of halogens is 4. The Morgan fingerprint density at radius 2 is 1.74 bits per heavy atom. The summed E-state index contributed by atoms with van der Waals surface area (Å²) in [4.78, 5) is 11.7. The van der Waals surface area contributed by atoms with Crippen molar-refractivity contribution in [2.75, 3.05) is 31.1 Å². The molecule has 0 bridgehead atoms. The topological polar surface area (TPSA) is 64.0 Å². The highest BCUT2D eigenvalue weighted by Crippen LogP contribution is 2.30. The molecule has 27 heavy (non-hydrogen) atoms. The van der Waals surface area contributed by atoms with E-state index < -0.39 is 17.6 Å². The number of hydroxylamine groups is 1. The van der Waals surface area contributed by atoms with Crippen LogP contribution in [0.15, 0.2) is 47.6 Å². The number of pyridine rings is 1. The van der Waals surface area contributed by atoms with Crippen molar-refractivity contribution >= 4 is 17.5 Å². The molecule has 2 aromatic rings. The number of benzene rings is 1. The third-order valence-electron chi connectivity index (χ3n) is 4.15. The Hall–Kier alpha value is -2.88. The molecule has 1 aromatic carbocycles. The summed E-state index contributed by atoms with van der Waals surface area (Å²) in [5.74, 6) is -0.0453. The van der Waals surface area contributed by atoms with Crippen molar-refractivity contribution in [2.24, 2.45) is 4.99 Å². The maximum absolute atomic E-state index is 13.8. The van der Waals surface area contributed by atoms with Crippen molar-refractivity contribution in [1.82, 2.24) is 15.4 Å². The van der Waals surface area contributed by atoms with Gasteiger partial charge in [0.15, 0.2) is 11.6 Å². The SMILES string of the molecule is ONC(=Nc1ccc(C(F)(F)F)cc1)N1CCN(c2ncccc2F)CC1. The molecule has 3 rings (SSSR count). The molecule has 144 valence electrons. The number of rotatable bonds is 2. The van der Waals surface area contributed by atoms with E-state index in [0.29, 0.717) is 26.2 Å². The molecule has 1 saturated heterocycles. The lowest BCUT2D eigenvalue weighted by Crippen LogP contribution is -2.52. The average Bonchev–Trinajstić information content (AvgIpc) is 2.66. The van der Waals surface area contributed by atoms with Gasteiger partial charge in [-0.3, -0.25) is 5.21 Å². The average molecular weight is 383 g/mol. The van der Waals surface area contributed by atoms with Crippen molar-refractivity contribution in [3.05, 3.63) is 54.0 Å². The van der Waals surface area contributed by atoms with E-state index in [1.165, 1.54) is 30.5 Å². The van der Waals surface area contributed by atoms with Gasteiger partial charge in [-0.05, 0) is 36.4 Å². The fourth-order valence-corrected chi connectivity index (χ4v) is 2.75. The summed E-state index contributed by atoms with van der Waals surface area (Å²) in [6.07, 6.45) is -2.91. The Kier molecular flexibility index (Phi) is 5.45. The molecule has 0 saturated carbocycles. The number of guanidine groups is 1. The third kappa shape index (κ3) is 4.45. The summed E-state index contributed by atoms with van der Waals surface area (Å²) in [6.45, 7) is 1.73. The molecule has 0 atom stereocenters.